The summed E-state index contributed by atoms with van der Waals surface area (Å²) in [5.41, 5.74) is 2.32. The van der Waals surface area contributed by atoms with Gasteiger partial charge in [-0.15, -0.1) is 0 Å². The first-order valence-electron chi connectivity index (χ1n) is 18.2. The van der Waals surface area contributed by atoms with E-state index in [4.69, 9.17) is 37.4 Å². The number of piperazine rings is 1. The molecular formula is C41H56Cl2N4O5. The molecule has 2 amide bonds. The fraction of sp³-hybridized carbons (Fsp3) is 0.512. The topological polar surface area (TPSA) is 74.8 Å². The molecular weight excluding hydrogens is 699 g/mol. The molecule has 2 fully saturated rings. The molecule has 2 saturated heterocycles. The van der Waals surface area contributed by atoms with Gasteiger partial charge < -0.3 is 33.8 Å². The van der Waals surface area contributed by atoms with E-state index in [-0.39, 0.29) is 5.91 Å². The number of methoxy groups -OCH3 is 3. The first-order valence-corrected chi connectivity index (χ1v) is 19.0. The summed E-state index contributed by atoms with van der Waals surface area (Å²) < 4.78 is 16.3. The summed E-state index contributed by atoms with van der Waals surface area (Å²) in [6.45, 7) is 14.3. The van der Waals surface area contributed by atoms with Gasteiger partial charge in [-0.25, -0.2) is 0 Å². The highest BCUT2D eigenvalue weighted by molar-refractivity contribution is 6.42. The average Bonchev–Trinajstić information content (AvgIpc) is 3.18. The quantitative estimate of drug-likeness (QED) is 0.192. The zero-order valence-corrected chi connectivity index (χ0v) is 33.4. The number of carbonyl (C=O) groups is 2. The molecule has 0 N–H and O–H groups in total. The van der Waals surface area contributed by atoms with Gasteiger partial charge in [0.15, 0.2) is 11.5 Å². The van der Waals surface area contributed by atoms with Crippen LogP contribution in [0.15, 0.2) is 60.7 Å². The summed E-state index contributed by atoms with van der Waals surface area (Å²) in [5.74, 6) is 1.92. The lowest BCUT2D eigenvalue weighted by Gasteiger charge is -2.45. The molecule has 2 heterocycles. The Morgan fingerprint density at radius 1 is 0.827 bits per heavy atom. The van der Waals surface area contributed by atoms with Crippen LogP contribution < -0.4 is 14.2 Å². The van der Waals surface area contributed by atoms with Crippen LogP contribution >= 0.6 is 23.2 Å². The minimum atomic E-state index is -0.453. The molecule has 3 aromatic rings. The number of halogens is 2. The van der Waals surface area contributed by atoms with Crippen molar-refractivity contribution in [2.24, 2.45) is 5.92 Å². The van der Waals surface area contributed by atoms with Crippen LogP contribution in [0.1, 0.15) is 54.6 Å². The van der Waals surface area contributed by atoms with Gasteiger partial charge in [-0.2, -0.15) is 0 Å². The van der Waals surface area contributed by atoms with Crippen molar-refractivity contribution in [3.63, 3.8) is 0 Å². The fourth-order valence-electron chi connectivity index (χ4n) is 7.18. The van der Waals surface area contributed by atoms with Crippen LogP contribution in [-0.2, 0) is 10.2 Å². The number of ether oxygens (including phenoxy) is 3. The minimum Gasteiger partial charge on any atom is -0.493 e. The molecule has 0 radical (unpaired) electrons. The molecule has 5 rings (SSSR count). The van der Waals surface area contributed by atoms with Gasteiger partial charge in [-0.1, -0.05) is 73.4 Å². The number of piperidine rings is 1. The third-order valence-corrected chi connectivity index (χ3v) is 11.1. The molecule has 0 aromatic heterocycles. The van der Waals surface area contributed by atoms with Crippen molar-refractivity contribution >= 4 is 35.0 Å². The van der Waals surface area contributed by atoms with Crippen molar-refractivity contribution in [1.29, 1.82) is 0 Å². The van der Waals surface area contributed by atoms with Crippen molar-refractivity contribution in [1.82, 2.24) is 19.6 Å². The highest BCUT2D eigenvalue weighted by Gasteiger charge is 2.45. The van der Waals surface area contributed by atoms with E-state index in [2.05, 4.69) is 52.8 Å². The molecule has 284 valence electrons. The van der Waals surface area contributed by atoms with E-state index >= 15 is 0 Å². The van der Waals surface area contributed by atoms with Crippen LogP contribution in [0.3, 0.4) is 0 Å². The van der Waals surface area contributed by atoms with Crippen LogP contribution in [0.2, 0.25) is 10.0 Å². The van der Waals surface area contributed by atoms with Crippen molar-refractivity contribution in [3.05, 3.63) is 87.4 Å². The molecule has 2 aliphatic rings. The lowest BCUT2D eigenvalue weighted by Crippen LogP contribution is -2.57. The molecule has 2 aliphatic heterocycles. The number of likely N-dealkylation sites (N-methyl/N-ethyl adjacent to an activating group) is 1. The van der Waals surface area contributed by atoms with Crippen molar-refractivity contribution < 1.29 is 23.8 Å². The molecule has 9 nitrogen and oxygen atoms in total. The highest BCUT2D eigenvalue weighted by atomic mass is 35.5. The number of hydrogen-bond donors (Lipinski definition) is 0. The molecule has 52 heavy (non-hydrogen) atoms. The maximum atomic E-state index is 14.1. The second-order valence-corrected chi connectivity index (χ2v) is 14.7. The Hall–Kier alpha value is -3.50. The molecule has 1 atom stereocenters. The molecule has 0 bridgehead atoms. The summed E-state index contributed by atoms with van der Waals surface area (Å²) in [5, 5.41) is 1.24. The van der Waals surface area contributed by atoms with Gasteiger partial charge in [0.2, 0.25) is 11.7 Å². The minimum absolute atomic E-state index is 0.0880. The van der Waals surface area contributed by atoms with Gasteiger partial charge in [0.05, 0.1) is 36.8 Å². The van der Waals surface area contributed by atoms with Crippen molar-refractivity contribution in [2.45, 2.75) is 45.4 Å². The Labute approximate surface area is 320 Å². The molecule has 0 aliphatic carbocycles. The molecule has 0 spiro atoms. The van der Waals surface area contributed by atoms with Crippen LogP contribution in [-0.4, -0.2) is 119 Å². The lowest BCUT2D eigenvalue weighted by molar-refractivity contribution is -0.141. The Morgan fingerprint density at radius 2 is 1.44 bits per heavy atom. The standard InChI is InChI=1S/C34H50N4O5.C7H6Cl2/c1-7-36-19-21-38(22-20-36)33(40)34(28-11-9-8-10-12-28)14-17-37(18-15-34)16-13-26(2)25-35(3)32(39)27-23-29(41-4)31(43-6)30(24-27)42-5;1-5-2-3-6(8)7(9)4-5/h8-12,23-24,26H,7,13-22,25H2,1-6H3;2-4H,1H3/t26-;/m1./s1. The Morgan fingerprint density at radius 3 is 1.96 bits per heavy atom. The first-order chi connectivity index (χ1) is 25.0. The number of carbonyl (C=O) groups excluding carboxylic acids is 2. The average molecular weight is 756 g/mol. The first kappa shape index (κ1) is 41.3. The van der Waals surface area contributed by atoms with Crippen LogP contribution in [0.25, 0.3) is 0 Å². The highest BCUT2D eigenvalue weighted by Crippen LogP contribution is 2.39. The summed E-state index contributed by atoms with van der Waals surface area (Å²) in [4.78, 5) is 36.1. The second-order valence-electron chi connectivity index (χ2n) is 13.9. The summed E-state index contributed by atoms with van der Waals surface area (Å²) in [7, 11) is 6.48. The van der Waals surface area contributed by atoms with Gasteiger partial charge in [-0.3, -0.25) is 9.59 Å². The Balaban J connectivity index is 0.000000585. The van der Waals surface area contributed by atoms with Crippen molar-refractivity contribution in [3.8, 4) is 17.2 Å². The van der Waals surface area contributed by atoms with E-state index < -0.39 is 5.41 Å². The molecule has 3 aromatic carbocycles. The second kappa shape index (κ2) is 19.5. The summed E-state index contributed by atoms with van der Waals surface area (Å²) in [6.07, 6.45) is 2.63. The molecule has 0 unspecified atom stereocenters. The third-order valence-electron chi connectivity index (χ3n) is 10.4. The van der Waals surface area contributed by atoms with E-state index in [0.29, 0.717) is 51.2 Å². The number of aryl methyl sites for hydroxylation is 1. The number of hydrogen-bond acceptors (Lipinski definition) is 7. The zero-order chi connectivity index (χ0) is 37.8. The third kappa shape index (κ3) is 10.3. The smallest absolute Gasteiger partial charge is 0.253 e. The maximum absolute atomic E-state index is 14.1. The van der Waals surface area contributed by atoms with E-state index in [0.717, 1.165) is 82.7 Å². The Bertz CT molecular complexity index is 1580. The summed E-state index contributed by atoms with van der Waals surface area (Å²) in [6, 6.07) is 19.4. The number of amides is 2. The SMILES string of the molecule is CCN1CCN(C(=O)C2(c3ccccc3)CCN(CC[C@@H](C)CN(C)C(=O)c3cc(OC)c(OC)c(OC)c3)CC2)CC1.Cc1ccc(Cl)c(Cl)c1. The summed E-state index contributed by atoms with van der Waals surface area (Å²) >= 11 is 11.3. The lowest BCUT2D eigenvalue weighted by atomic mass is 9.71. The molecule has 0 saturated carbocycles. The fourth-order valence-corrected chi connectivity index (χ4v) is 7.53. The van der Waals surface area contributed by atoms with Crippen LogP contribution in [0, 0.1) is 12.8 Å². The predicted molar refractivity (Wildman–Crippen MR) is 211 cm³/mol. The van der Waals surface area contributed by atoms with Gasteiger partial charge in [-0.05, 0) is 93.7 Å². The van der Waals surface area contributed by atoms with E-state index in [9.17, 15) is 9.59 Å². The number of benzene rings is 3. The van der Waals surface area contributed by atoms with E-state index in [1.54, 1.807) is 44.4 Å². The van der Waals surface area contributed by atoms with E-state index in [1.807, 2.05) is 32.2 Å². The largest absolute Gasteiger partial charge is 0.493 e. The molecule has 11 heteroatoms. The van der Waals surface area contributed by atoms with Gasteiger partial charge in [0, 0.05) is 45.3 Å². The predicted octanol–water partition coefficient (Wildman–Crippen LogP) is 7.31. The maximum Gasteiger partial charge on any atom is 0.253 e. The number of nitrogens with zero attached hydrogens (tertiary/aromatic N) is 4. The van der Waals surface area contributed by atoms with Gasteiger partial charge >= 0.3 is 0 Å². The zero-order valence-electron chi connectivity index (χ0n) is 31.9. The monoisotopic (exact) mass is 754 g/mol. The van der Waals surface area contributed by atoms with E-state index in [1.165, 1.54) is 0 Å². The Kier molecular flexibility index (Phi) is 15.5. The number of rotatable bonds is 12. The van der Waals surface area contributed by atoms with Gasteiger partial charge in [0.25, 0.3) is 5.91 Å². The van der Waals surface area contributed by atoms with Gasteiger partial charge in [0.1, 0.15) is 0 Å². The van der Waals surface area contributed by atoms with Crippen molar-refractivity contribution in [2.75, 3.05) is 87.3 Å². The van der Waals surface area contributed by atoms with Crippen LogP contribution in [0.5, 0.6) is 17.2 Å². The normalized spacial score (nSPS) is 16.7. The van der Waals surface area contributed by atoms with Crippen LogP contribution in [0.4, 0.5) is 0 Å². The number of likely N-dealkylation sites (tertiary alicyclic amines) is 1.